The molecule has 0 N–H and O–H groups in total. The average molecular weight is 548 g/mol. The van der Waals surface area contributed by atoms with Crippen molar-refractivity contribution in [2.75, 3.05) is 32.8 Å². The molecule has 1 aromatic heterocycles. The van der Waals surface area contributed by atoms with Gasteiger partial charge in [-0.1, -0.05) is 29.8 Å². The van der Waals surface area contributed by atoms with Gasteiger partial charge in [0.1, 0.15) is 6.54 Å². The smallest absolute Gasteiger partial charge is 0.269 e. The largest absolute Gasteiger partial charge is 0.382 e. The van der Waals surface area contributed by atoms with Gasteiger partial charge in [0.05, 0.1) is 11.0 Å². The van der Waals surface area contributed by atoms with E-state index in [4.69, 9.17) is 4.74 Å². The van der Waals surface area contributed by atoms with Gasteiger partial charge in [-0.25, -0.2) is 0 Å². The van der Waals surface area contributed by atoms with Crippen LogP contribution in [0.15, 0.2) is 66.1 Å². The van der Waals surface area contributed by atoms with Crippen LogP contribution in [-0.4, -0.2) is 59.4 Å². The maximum Gasteiger partial charge on any atom is 0.269 e. The molecule has 0 spiro atoms. The third kappa shape index (κ3) is 7.19. The second kappa shape index (κ2) is 13.3. The molecule has 9 heteroatoms. The molecule has 1 aliphatic heterocycles. The summed E-state index contributed by atoms with van der Waals surface area (Å²) in [6.07, 6.45) is 4.42. The van der Waals surface area contributed by atoms with E-state index in [1.165, 1.54) is 23.1 Å². The monoisotopic (exact) mass is 547 g/mol. The van der Waals surface area contributed by atoms with Crippen LogP contribution in [0.4, 0.5) is 5.69 Å². The molecule has 0 aliphatic carbocycles. The van der Waals surface area contributed by atoms with Crippen molar-refractivity contribution in [2.45, 2.75) is 32.7 Å². The maximum absolute atomic E-state index is 13.8. The van der Waals surface area contributed by atoms with Crippen LogP contribution >= 0.6 is 11.3 Å². The standard InChI is InChI=1S/C30H33N3O5S/c1-3-38-19-4-17-31(28(34)14-9-23-7-12-25(13-8-23)33(36)37)21-29(35)32-18-15-27-26(16-20-39-27)30(32)24-10-5-22(2)6-11-24/h5-14,16,20,30H,3-4,15,17-19,21H2,1-2H3. The van der Waals surface area contributed by atoms with Gasteiger partial charge < -0.3 is 14.5 Å². The quantitative estimate of drug-likeness (QED) is 0.139. The maximum atomic E-state index is 13.8. The SMILES string of the molecule is CCOCCCN(CC(=O)N1CCc2sccc2C1c1ccc(C)cc1)C(=O)C=Cc1ccc([N+](=O)[O-])cc1. The van der Waals surface area contributed by atoms with Crippen molar-refractivity contribution in [3.05, 3.63) is 103 Å². The molecule has 0 bridgehead atoms. The second-order valence-electron chi connectivity index (χ2n) is 9.44. The highest BCUT2D eigenvalue weighted by Gasteiger charge is 2.33. The summed E-state index contributed by atoms with van der Waals surface area (Å²) in [7, 11) is 0. The molecular formula is C30H33N3O5S. The number of hydrogen-bond donors (Lipinski definition) is 0. The first-order valence-corrected chi connectivity index (χ1v) is 14.0. The minimum absolute atomic E-state index is 0.0138. The number of ether oxygens (including phenoxy) is 1. The molecule has 1 aliphatic rings. The third-order valence-electron chi connectivity index (χ3n) is 6.76. The van der Waals surface area contributed by atoms with Crippen molar-refractivity contribution < 1.29 is 19.2 Å². The summed E-state index contributed by atoms with van der Waals surface area (Å²) in [6, 6.07) is 16.1. The Bertz CT molecular complexity index is 1320. The van der Waals surface area contributed by atoms with E-state index in [0.29, 0.717) is 38.3 Å². The van der Waals surface area contributed by atoms with Crippen LogP contribution in [-0.2, 0) is 20.7 Å². The van der Waals surface area contributed by atoms with Gasteiger partial charge >= 0.3 is 0 Å². The molecule has 1 unspecified atom stereocenters. The number of carbonyl (C=O) groups excluding carboxylic acids is 2. The second-order valence-corrected chi connectivity index (χ2v) is 10.4. The van der Waals surface area contributed by atoms with Crippen molar-refractivity contribution in [3.63, 3.8) is 0 Å². The number of nitro groups is 1. The van der Waals surface area contributed by atoms with Gasteiger partial charge in [-0.05, 0) is 73.0 Å². The van der Waals surface area contributed by atoms with Crippen LogP contribution in [0, 0.1) is 17.0 Å². The first-order chi connectivity index (χ1) is 18.9. The first-order valence-electron chi connectivity index (χ1n) is 13.1. The number of thiophene rings is 1. The van der Waals surface area contributed by atoms with Crippen LogP contribution in [0.2, 0.25) is 0 Å². The molecule has 2 heterocycles. The average Bonchev–Trinajstić information content (AvgIpc) is 3.42. The number of nitro benzene ring substituents is 1. The van der Waals surface area contributed by atoms with E-state index in [0.717, 1.165) is 23.1 Å². The van der Waals surface area contributed by atoms with Crippen molar-refractivity contribution in [2.24, 2.45) is 0 Å². The fraction of sp³-hybridized carbons (Fsp3) is 0.333. The molecule has 2 amide bonds. The summed E-state index contributed by atoms with van der Waals surface area (Å²) >= 11 is 1.72. The lowest BCUT2D eigenvalue weighted by Crippen LogP contribution is -2.46. The van der Waals surface area contributed by atoms with Gasteiger partial charge in [0.25, 0.3) is 5.69 Å². The molecule has 0 fully saturated rings. The molecule has 2 aromatic carbocycles. The molecule has 8 nitrogen and oxygen atoms in total. The number of carbonyl (C=O) groups is 2. The summed E-state index contributed by atoms with van der Waals surface area (Å²) in [6.45, 7) is 5.96. The van der Waals surface area contributed by atoms with Gasteiger partial charge in [0, 0.05) is 49.4 Å². The van der Waals surface area contributed by atoms with E-state index in [-0.39, 0.29) is 30.1 Å². The molecule has 0 radical (unpaired) electrons. The molecular weight excluding hydrogens is 514 g/mol. The number of nitrogens with zero attached hydrogens (tertiary/aromatic N) is 3. The highest BCUT2D eigenvalue weighted by atomic mass is 32.1. The van der Waals surface area contributed by atoms with E-state index in [2.05, 4.69) is 35.7 Å². The summed E-state index contributed by atoms with van der Waals surface area (Å²) in [5, 5.41) is 13.0. The minimum Gasteiger partial charge on any atom is -0.382 e. The van der Waals surface area contributed by atoms with Crippen molar-refractivity contribution in [1.82, 2.24) is 9.80 Å². The Hall–Kier alpha value is -3.82. The lowest BCUT2D eigenvalue weighted by Gasteiger charge is -2.37. The Balaban J connectivity index is 1.53. The summed E-state index contributed by atoms with van der Waals surface area (Å²) < 4.78 is 5.45. The number of non-ortho nitro benzene ring substituents is 1. The lowest BCUT2D eigenvalue weighted by atomic mass is 9.92. The van der Waals surface area contributed by atoms with Gasteiger partial charge in [-0.2, -0.15) is 0 Å². The van der Waals surface area contributed by atoms with E-state index in [1.54, 1.807) is 34.4 Å². The van der Waals surface area contributed by atoms with Crippen LogP contribution in [0.1, 0.15) is 46.5 Å². The summed E-state index contributed by atoms with van der Waals surface area (Å²) in [5.74, 6) is -0.399. The van der Waals surface area contributed by atoms with E-state index in [1.807, 2.05) is 18.7 Å². The molecule has 4 rings (SSSR count). The van der Waals surface area contributed by atoms with Crippen LogP contribution in [0.25, 0.3) is 6.08 Å². The van der Waals surface area contributed by atoms with Crippen molar-refractivity contribution in [3.8, 4) is 0 Å². The van der Waals surface area contributed by atoms with Gasteiger partial charge in [-0.15, -0.1) is 11.3 Å². The summed E-state index contributed by atoms with van der Waals surface area (Å²) in [4.78, 5) is 42.2. The zero-order chi connectivity index (χ0) is 27.8. The number of aryl methyl sites for hydroxylation is 1. The normalized spacial score (nSPS) is 14.8. The predicted octanol–water partition coefficient (Wildman–Crippen LogP) is 5.41. The molecule has 1 atom stereocenters. The van der Waals surface area contributed by atoms with Crippen LogP contribution in [0.3, 0.4) is 0 Å². The minimum atomic E-state index is -0.464. The number of amides is 2. The Morgan fingerprint density at radius 3 is 2.59 bits per heavy atom. The summed E-state index contributed by atoms with van der Waals surface area (Å²) in [5.41, 5.74) is 4.01. The number of rotatable bonds is 11. The van der Waals surface area contributed by atoms with Gasteiger partial charge in [0.15, 0.2) is 0 Å². The molecule has 0 saturated heterocycles. The molecule has 0 saturated carbocycles. The highest BCUT2D eigenvalue weighted by Crippen LogP contribution is 2.38. The Kier molecular flexibility index (Phi) is 9.62. The zero-order valence-electron chi connectivity index (χ0n) is 22.2. The topological polar surface area (TPSA) is 93.0 Å². The first kappa shape index (κ1) is 28.2. The van der Waals surface area contributed by atoms with Crippen LogP contribution < -0.4 is 0 Å². The fourth-order valence-corrected chi connectivity index (χ4v) is 5.60. The van der Waals surface area contributed by atoms with E-state index in [9.17, 15) is 19.7 Å². The molecule has 3 aromatic rings. The Morgan fingerprint density at radius 2 is 1.90 bits per heavy atom. The number of benzene rings is 2. The predicted molar refractivity (Wildman–Crippen MR) is 153 cm³/mol. The third-order valence-corrected chi connectivity index (χ3v) is 7.76. The van der Waals surface area contributed by atoms with Gasteiger partial charge in [-0.3, -0.25) is 19.7 Å². The highest BCUT2D eigenvalue weighted by molar-refractivity contribution is 7.10. The molecule has 39 heavy (non-hydrogen) atoms. The number of fused-ring (bicyclic) bond motifs is 1. The fourth-order valence-electron chi connectivity index (χ4n) is 4.70. The zero-order valence-corrected chi connectivity index (χ0v) is 23.1. The van der Waals surface area contributed by atoms with Gasteiger partial charge in [0.2, 0.25) is 11.8 Å². The van der Waals surface area contributed by atoms with Crippen molar-refractivity contribution in [1.29, 1.82) is 0 Å². The van der Waals surface area contributed by atoms with Crippen LogP contribution in [0.5, 0.6) is 0 Å². The lowest BCUT2D eigenvalue weighted by molar-refractivity contribution is -0.384. The van der Waals surface area contributed by atoms with E-state index < -0.39 is 4.92 Å². The Labute approximate surface area is 232 Å². The van der Waals surface area contributed by atoms with E-state index >= 15 is 0 Å². The van der Waals surface area contributed by atoms with Crippen molar-refractivity contribution >= 4 is 34.9 Å². The Morgan fingerprint density at radius 1 is 1.15 bits per heavy atom. The molecule has 204 valence electrons. The number of hydrogen-bond acceptors (Lipinski definition) is 6.